The van der Waals surface area contributed by atoms with Crippen LogP contribution in [-0.2, 0) is 15.4 Å². The SMILES string of the molecule is CC(C)N(CCO)S(=O)(=O)c1cn(-c2ccccc2)nc1C(C)(C)C. The highest BCUT2D eigenvalue weighted by molar-refractivity contribution is 7.89. The van der Waals surface area contributed by atoms with E-state index in [2.05, 4.69) is 5.10 Å². The van der Waals surface area contributed by atoms with E-state index >= 15 is 0 Å². The molecule has 0 amide bonds. The lowest BCUT2D eigenvalue weighted by Crippen LogP contribution is -2.39. The van der Waals surface area contributed by atoms with Crippen LogP contribution in [0.25, 0.3) is 5.69 Å². The van der Waals surface area contributed by atoms with Crippen molar-refractivity contribution in [1.82, 2.24) is 14.1 Å². The Labute approximate surface area is 150 Å². The zero-order chi connectivity index (χ0) is 18.8. The molecule has 2 aromatic rings. The molecule has 0 aliphatic heterocycles. The molecule has 138 valence electrons. The summed E-state index contributed by atoms with van der Waals surface area (Å²) in [6.45, 7) is 9.24. The third-order valence-corrected chi connectivity index (χ3v) is 5.97. The molecular weight excluding hydrogens is 338 g/mol. The third-order valence-electron chi connectivity index (χ3n) is 3.89. The maximum atomic E-state index is 13.2. The first-order valence-corrected chi connectivity index (χ1v) is 9.81. The number of aromatic nitrogens is 2. The lowest BCUT2D eigenvalue weighted by Gasteiger charge is -2.26. The molecule has 0 aliphatic carbocycles. The minimum absolute atomic E-state index is 0.0557. The van der Waals surface area contributed by atoms with Gasteiger partial charge in [0, 0.05) is 18.0 Å². The summed E-state index contributed by atoms with van der Waals surface area (Å²) in [5.74, 6) is 0. The summed E-state index contributed by atoms with van der Waals surface area (Å²) in [6, 6.07) is 9.16. The number of sulfonamides is 1. The van der Waals surface area contributed by atoms with E-state index in [0.717, 1.165) is 5.69 Å². The van der Waals surface area contributed by atoms with Crippen LogP contribution < -0.4 is 0 Å². The number of aliphatic hydroxyl groups excluding tert-OH is 1. The lowest BCUT2D eigenvalue weighted by molar-refractivity contribution is 0.236. The van der Waals surface area contributed by atoms with Gasteiger partial charge in [0.25, 0.3) is 0 Å². The fourth-order valence-corrected chi connectivity index (χ4v) is 4.61. The normalized spacial score (nSPS) is 13.0. The van der Waals surface area contributed by atoms with Crippen LogP contribution in [0.4, 0.5) is 0 Å². The van der Waals surface area contributed by atoms with E-state index in [-0.39, 0.29) is 24.1 Å². The second kappa shape index (κ2) is 7.27. The fraction of sp³-hybridized carbons (Fsp3) is 0.500. The Morgan fingerprint density at radius 2 is 1.80 bits per heavy atom. The molecule has 0 radical (unpaired) electrons. The van der Waals surface area contributed by atoms with E-state index in [4.69, 9.17) is 0 Å². The maximum Gasteiger partial charge on any atom is 0.246 e. The van der Waals surface area contributed by atoms with Crippen LogP contribution in [0.15, 0.2) is 41.4 Å². The van der Waals surface area contributed by atoms with E-state index in [1.165, 1.54) is 4.31 Å². The Morgan fingerprint density at radius 1 is 1.20 bits per heavy atom. The molecule has 1 heterocycles. The Kier molecular flexibility index (Phi) is 5.71. The molecule has 0 fully saturated rings. The van der Waals surface area contributed by atoms with Crippen LogP contribution in [0.3, 0.4) is 0 Å². The second-order valence-corrected chi connectivity index (χ2v) is 9.16. The van der Waals surface area contributed by atoms with Crippen LogP contribution in [0.1, 0.15) is 40.3 Å². The quantitative estimate of drug-likeness (QED) is 0.854. The van der Waals surface area contributed by atoms with Crippen LogP contribution in [0, 0.1) is 0 Å². The summed E-state index contributed by atoms with van der Waals surface area (Å²) >= 11 is 0. The monoisotopic (exact) mass is 365 g/mol. The molecule has 0 spiro atoms. The Morgan fingerprint density at radius 3 is 2.28 bits per heavy atom. The van der Waals surface area contributed by atoms with Crippen LogP contribution in [0.5, 0.6) is 0 Å². The van der Waals surface area contributed by atoms with Gasteiger partial charge < -0.3 is 5.11 Å². The zero-order valence-corrected chi connectivity index (χ0v) is 16.3. The van der Waals surface area contributed by atoms with Gasteiger partial charge in [0.15, 0.2) is 0 Å². The summed E-state index contributed by atoms with van der Waals surface area (Å²) in [5, 5.41) is 13.8. The van der Waals surface area contributed by atoms with E-state index in [1.807, 2.05) is 51.1 Å². The van der Waals surface area contributed by atoms with Crippen molar-refractivity contribution in [1.29, 1.82) is 0 Å². The molecule has 25 heavy (non-hydrogen) atoms. The standard InChI is InChI=1S/C18H27N3O3S/c1-14(2)21(11-12-22)25(23,24)16-13-20(15-9-7-6-8-10-15)19-17(16)18(3,4)5/h6-10,13-14,22H,11-12H2,1-5H3. The highest BCUT2D eigenvalue weighted by Gasteiger charge is 2.35. The molecule has 6 nitrogen and oxygen atoms in total. The predicted octanol–water partition coefficient (Wildman–Crippen LogP) is 2.56. The molecule has 0 saturated heterocycles. The number of benzene rings is 1. The van der Waals surface area contributed by atoms with Gasteiger partial charge in [-0.05, 0) is 26.0 Å². The van der Waals surface area contributed by atoms with Crippen molar-refractivity contribution in [3.8, 4) is 5.69 Å². The molecule has 0 bridgehead atoms. The minimum Gasteiger partial charge on any atom is -0.395 e. The van der Waals surface area contributed by atoms with Gasteiger partial charge in [-0.25, -0.2) is 13.1 Å². The Bertz CT molecular complexity index is 806. The molecule has 0 aliphatic rings. The van der Waals surface area contributed by atoms with Gasteiger partial charge in [0.2, 0.25) is 10.0 Å². The van der Waals surface area contributed by atoms with Crippen molar-refractivity contribution in [3.05, 3.63) is 42.2 Å². The van der Waals surface area contributed by atoms with E-state index in [1.54, 1.807) is 24.7 Å². The van der Waals surface area contributed by atoms with Crippen molar-refractivity contribution < 1.29 is 13.5 Å². The molecular formula is C18H27N3O3S. The number of aliphatic hydroxyl groups is 1. The second-order valence-electron chi connectivity index (χ2n) is 7.31. The van der Waals surface area contributed by atoms with E-state index in [0.29, 0.717) is 5.69 Å². The average Bonchev–Trinajstić information content (AvgIpc) is 2.99. The van der Waals surface area contributed by atoms with Crippen LogP contribution in [0.2, 0.25) is 0 Å². The molecule has 0 atom stereocenters. The number of para-hydroxylation sites is 1. The van der Waals surface area contributed by atoms with Gasteiger partial charge in [-0.3, -0.25) is 0 Å². The van der Waals surface area contributed by atoms with Gasteiger partial charge >= 0.3 is 0 Å². The summed E-state index contributed by atoms with van der Waals surface area (Å²) < 4.78 is 29.4. The van der Waals surface area contributed by atoms with Gasteiger partial charge in [0.05, 0.1) is 24.2 Å². The first-order chi connectivity index (χ1) is 11.6. The summed E-state index contributed by atoms with van der Waals surface area (Å²) in [5.41, 5.74) is 0.872. The molecule has 0 unspecified atom stereocenters. The first-order valence-electron chi connectivity index (χ1n) is 8.37. The zero-order valence-electron chi connectivity index (χ0n) is 15.5. The highest BCUT2D eigenvalue weighted by Crippen LogP contribution is 2.31. The van der Waals surface area contributed by atoms with Gasteiger partial charge in [0.1, 0.15) is 4.90 Å². The molecule has 1 N–H and O–H groups in total. The third kappa shape index (κ3) is 4.11. The van der Waals surface area contributed by atoms with E-state index < -0.39 is 15.4 Å². The number of hydrogen-bond donors (Lipinski definition) is 1. The van der Waals surface area contributed by atoms with Gasteiger partial charge in [-0.2, -0.15) is 9.40 Å². The number of hydrogen-bond acceptors (Lipinski definition) is 4. The van der Waals surface area contributed by atoms with Crippen molar-refractivity contribution in [2.75, 3.05) is 13.2 Å². The summed E-state index contributed by atoms with van der Waals surface area (Å²) in [4.78, 5) is 0.186. The molecule has 7 heteroatoms. The van der Waals surface area contributed by atoms with Crippen molar-refractivity contribution in [2.45, 2.75) is 51.0 Å². The van der Waals surface area contributed by atoms with Gasteiger partial charge in [-0.1, -0.05) is 39.0 Å². The van der Waals surface area contributed by atoms with Crippen LogP contribution in [-0.4, -0.2) is 46.8 Å². The molecule has 0 saturated carbocycles. The number of rotatable bonds is 6. The first kappa shape index (κ1) is 19.6. The largest absolute Gasteiger partial charge is 0.395 e. The predicted molar refractivity (Wildman–Crippen MR) is 98.4 cm³/mol. The average molecular weight is 365 g/mol. The van der Waals surface area contributed by atoms with E-state index in [9.17, 15) is 13.5 Å². The maximum absolute atomic E-state index is 13.2. The smallest absolute Gasteiger partial charge is 0.246 e. The number of nitrogens with zero attached hydrogens (tertiary/aromatic N) is 3. The van der Waals surface area contributed by atoms with Crippen LogP contribution >= 0.6 is 0 Å². The van der Waals surface area contributed by atoms with Crippen molar-refractivity contribution in [3.63, 3.8) is 0 Å². The van der Waals surface area contributed by atoms with Crippen molar-refractivity contribution in [2.24, 2.45) is 0 Å². The Balaban J connectivity index is 2.65. The fourth-order valence-electron chi connectivity index (χ4n) is 2.66. The molecule has 2 rings (SSSR count). The van der Waals surface area contributed by atoms with Crippen molar-refractivity contribution >= 4 is 10.0 Å². The summed E-state index contributed by atoms with van der Waals surface area (Å²) in [6.07, 6.45) is 1.57. The highest BCUT2D eigenvalue weighted by atomic mass is 32.2. The minimum atomic E-state index is -3.77. The lowest BCUT2D eigenvalue weighted by atomic mass is 9.92. The Hall–Kier alpha value is -1.70. The van der Waals surface area contributed by atoms with Gasteiger partial charge in [-0.15, -0.1) is 0 Å². The molecule has 1 aromatic heterocycles. The summed E-state index contributed by atoms with van der Waals surface area (Å²) in [7, 11) is -3.77. The molecule has 1 aromatic carbocycles. The topological polar surface area (TPSA) is 75.4 Å².